The first-order chi connectivity index (χ1) is 14.4. The molecule has 2 aromatic carbocycles. The molecule has 1 aliphatic carbocycles. The van der Waals surface area contributed by atoms with Crippen molar-refractivity contribution in [2.24, 2.45) is 5.92 Å². The van der Waals surface area contributed by atoms with Gasteiger partial charge in [0.15, 0.2) is 12.1 Å². The molecule has 1 fully saturated rings. The molecule has 6 rings (SSSR count). The van der Waals surface area contributed by atoms with Gasteiger partial charge in [-0.15, -0.1) is 0 Å². The summed E-state index contributed by atoms with van der Waals surface area (Å²) in [6.45, 7) is 5.80. The highest BCUT2D eigenvalue weighted by Crippen LogP contribution is 2.43. The molecule has 6 heteroatoms. The standard InChI is InChI=1S/C24H25N3O3/c1-24(2)13-30-20-11-16(23(28)29)9-17-21(20)27(24)22(25-17)19-10-15-5-3-4-6-18(15)26(19)12-14-7-8-14/h3-6,9-11,14,23,28-29H,7-8,12-13H2,1-2H3. The third kappa shape index (κ3) is 2.60. The monoisotopic (exact) mass is 403 g/mol. The van der Waals surface area contributed by atoms with Gasteiger partial charge in [0.2, 0.25) is 0 Å². The highest BCUT2D eigenvalue weighted by atomic mass is 16.5. The minimum absolute atomic E-state index is 0.280. The Morgan fingerprint density at radius 3 is 2.73 bits per heavy atom. The molecule has 0 bridgehead atoms. The summed E-state index contributed by atoms with van der Waals surface area (Å²) in [4.78, 5) is 5.02. The van der Waals surface area contributed by atoms with Gasteiger partial charge in [0.25, 0.3) is 0 Å². The van der Waals surface area contributed by atoms with Crippen molar-refractivity contribution in [3.05, 3.63) is 48.0 Å². The number of imidazole rings is 1. The normalized spacial score (nSPS) is 17.8. The lowest BCUT2D eigenvalue weighted by atomic mass is 10.0. The largest absolute Gasteiger partial charge is 0.489 e. The third-order valence-electron chi connectivity index (χ3n) is 6.40. The van der Waals surface area contributed by atoms with Crippen LogP contribution in [0.3, 0.4) is 0 Å². The summed E-state index contributed by atoms with van der Waals surface area (Å²) in [6.07, 6.45) is 1.01. The number of hydrogen-bond donors (Lipinski definition) is 2. The van der Waals surface area contributed by atoms with Crippen LogP contribution in [0.2, 0.25) is 0 Å². The quantitative estimate of drug-likeness (QED) is 0.502. The second-order valence-electron chi connectivity index (χ2n) is 9.27. The van der Waals surface area contributed by atoms with Crippen LogP contribution in [-0.4, -0.2) is 30.9 Å². The number of aliphatic hydroxyl groups is 2. The Balaban J connectivity index is 1.67. The molecule has 0 unspecified atom stereocenters. The number of hydrogen-bond acceptors (Lipinski definition) is 4. The van der Waals surface area contributed by atoms with Crippen LogP contribution in [0.25, 0.3) is 33.5 Å². The zero-order valence-corrected chi connectivity index (χ0v) is 17.2. The minimum Gasteiger partial charge on any atom is -0.489 e. The van der Waals surface area contributed by atoms with Gasteiger partial charge in [-0.2, -0.15) is 0 Å². The van der Waals surface area contributed by atoms with Crippen LogP contribution in [0.15, 0.2) is 42.5 Å². The summed E-state index contributed by atoms with van der Waals surface area (Å²) in [7, 11) is 0. The van der Waals surface area contributed by atoms with E-state index in [-0.39, 0.29) is 5.54 Å². The molecular formula is C24H25N3O3. The Kier molecular flexibility index (Phi) is 3.65. The Morgan fingerprint density at radius 2 is 1.97 bits per heavy atom. The van der Waals surface area contributed by atoms with Crippen molar-refractivity contribution >= 4 is 21.9 Å². The fourth-order valence-corrected chi connectivity index (χ4v) is 4.68. The van der Waals surface area contributed by atoms with Crippen molar-refractivity contribution in [3.8, 4) is 17.3 Å². The second-order valence-corrected chi connectivity index (χ2v) is 9.27. The maximum atomic E-state index is 9.72. The SMILES string of the molecule is CC1(C)COc2cc(C(O)O)cc3nc(-c4cc5ccccc5n4CC4CC4)n1c23. The molecule has 6 nitrogen and oxygen atoms in total. The van der Waals surface area contributed by atoms with Gasteiger partial charge in [0.05, 0.1) is 16.7 Å². The Morgan fingerprint density at radius 1 is 1.17 bits per heavy atom. The molecule has 2 N–H and O–H groups in total. The van der Waals surface area contributed by atoms with Crippen molar-refractivity contribution in [2.45, 2.75) is 45.1 Å². The lowest BCUT2D eigenvalue weighted by Crippen LogP contribution is -2.37. The van der Waals surface area contributed by atoms with E-state index in [9.17, 15) is 10.2 Å². The lowest BCUT2D eigenvalue weighted by molar-refractivity contribution is -0.0425. The topological polar surface area (TPSA) is 72.4 Å². The van der Waals surface area contributed by atoms with Gasteiger partial charge in [-0.05, 0) is 56.9 Å². The van der Waals surface area contributed by atoms with Crippen LogP contribution in [0, 0.1) is 5.92 Å². The molecule has 1 aliphatic heterocycles. The first-order valence-corrected chi connectivity index (χ1v) is 10.6. The van der Waals surface area contributed by atoms with Gasteiger partial charge in [-0.3, -0.25) is 0 Å². The molecule has 30 heavy (non-hydrogen) atoms. The molecule has 3 heterocycles. The zero-order chi connectivity index (χ0) is 20.6. The first kappa shape index (κ1) is 18.0. The summed E-state index contributed by atoms with van der Waals surface area (Å²) >= 11 is 0. The molecule has 2 aromatic heterocycles. The van der Waals surface area contributed by atoms with Crippen molar-refractivity contribution in [3.63, 3.8) is 0 Å². The summed E-state index contributed by atoms with van der Waals surface area (Å²) in [5.41, 5.74) is 4.08. The summed E-state index contributed by atoms with van der Waals surface area (Å²) in [5, 5.41) is 20.7. The zero-order valence-electron chi connectivity index (χ0n) is 17.2. The molecular weight excluding hydrogens is 378 g/mol. The summed E-state index contributed by atoms with van der Waals surface area (Å²) < 4.78 is 10.7. The number of nitrogens with zero attached hydrogens (tertiary/aromatic N) is 3. The Hall–Kier alpha value is -2.83. The highest BCUT2D eigenvalue weighted by Gasteiger charge is 2.35. The van der Waals surface area contributed by atoms with E-state index in [4.69, 9.17) is 9.72 Å². The van der Waals surface area contributed by atoms with E-state index in [0.29, 0.717) is 17.9 Å². The average molecular weight is 403 g/mol. The van der Waals surface area contributed by atoms with Gasteiger partial charge in [0, 0.05) is 23.0 Å². The molecule has 0 saturated heterocycles. The van der Waals surface area contributed by atoms with E-state index in [1.807, 2.05) is 0 Å². The predicted octanol–water partition coefficient (Wildman–Crippen LogP) is 4.18. The fraction of sp³-hybridized carbons (Fsp3) is 0.375. The van der Waals surface area contributed by atoms with Crippen molar-refractivity contribution in [1.82, 2.24) is 14.1 Å². The number of rotatable bonds is 4. The van der Waals surface area contributed by atoms with E-state index >= 15 is 0 Å². The Labute approximate surface area is 174 Å². The second kappa shape index (κ2) is 6.09. The van der Waals surface area contributed by atoms with Gasteiger partial charge in [0.1, 0.15) is 17.9 Å². The Bertz CT molecular complexity index is 1290. The molecule has 4 aromatic rings. The van der Waals surface area contributed by atoms with E-state index in [2.05, 4.69) is 53.3 Å². The van der Waals surface area contributed by atoms with Crippen LogP contribution in [0.1, 0.15) is 38.5 Å². The maximum Gasteiger partial charge on any atom is 0.178 e. The van der Waals surface area contributed by atoms with Crippen molar-refractivity contribution in [1.29, 1.82) is 0 Å². The van der Waals surface area contributed by atoms with Crippen LogP contribution < -0.4 is 4.74 Å². The summed E-state index contributed by atoms with van der Waals surface area (Å²) in [6, 6.07) is 14.2. The molecule has 154 valence electrons. The smallest absolute Gasteiger partial charge is 0.178 e. The molecule has 0 spiro atoms. The van der Waals surface area contributed by atoms with Crippen molar-refractivity contribution in [2.75, 3.05) is 6.61 Å². The molecule has 1 saturated carbocycles. The van der Waals surface area contributed by atoms with E-state index in [1.54, 1.807) is 12.1 Å². The van der Waals surface area contributed by atoms with Crippen LogP contribution in [0.5, 0.6) is 5.75 Å². The van der Waals surface area contributed by atoms with Crippen LogP contribution in [0.4, 0.5) is 0 Å². The first-order valence-electron chi connectivity index (χ1n) is 10.6. The van der Waals surface area contributed by atoms with E-state index in [1.165, 1.54) is 23.7 Å². The number of aromatic nitrogens is 3. The maximum absolute atomic E-state index is 9.72. The molecule has 0 radical (unpaired) electrons. The number of aliphatic hydroxyl groups excluding tert-OH is 1. The average Bonchev–Trinajstić information content (AvgIpc) is 3.33. The minimum atomic E-state index is -1.56. The molecule has 2 aliphatic rings. The van der Waals surface area contributed by atoms with Gasteiger partial charge >= 0.3 is 0 Å². The molecule has 0 atom stereocenters. The molecule has 0 amide bonds. The van der Waals surface area contributed by atoms with Gasteiger partial charge < -0.3 is 24.1 Å². The third-order valence-corrected chi connectivity index (χ3v) is 6.40. The predicted molar refractivity (Wildman–Crippen MR) is 115 cm³/mol. The van der Waals surface area contributed by atoms with Gasteiger partial charge in [-0.1, -0.05) is 18.2 Å². The van der Waals surface area contributed by atoms with Crippen LogP contribution in [-0.2, 0) is 12.1 Å². The highest BCUT2D eigenvalue weighted by molar-refractivity contribution is 5.91. The van der Waals surface area contributed by atoms with Crippen molar-refractivity contribution < 1.29 is 14.9 Å². The van der Waals surface area contributed by atoms with E-state index in [0.717, 1.165) is 35.0 Å². The number of benzene rings is 2. The fourth-order valence-electron chi connectivity index (χ4n) is 4.68. The number of ether oxygens (including phenoxy) is 1. The van der Waals surface area contributed by atoms with Crippen LogP contribution >= 0.6 is 0 Å². The number of para-hydroxylation sites is 1. The lowest BCUT2D eigenvalue weighted by Gasteiger charge is -2.34. The summed E-state index contributed by atoms with van der Waals surface area (Å²) in [5.74, 6) is 2.29. The van der Waals surface area contributed by atoms with E-state index < -0.39 is 6.29 Å². The van der Waals surface area contributed by atoms with Gasteiger partial charge in [-0.25, -0.2) is 4.98 Å². The number of fused-ring (bicyclic) bond motifs is 1.